The summed E-state index contributed by atoms with van der Waals surface area (Å²) in [6.45, 7) is 2.06. The SMILES string of the molecule is CN(C)CC(=O)N1CCN(CC=Cc2ccc(F)cc2)[C@H]2CS(=O)(=O)C[C@H]21. The second-order valence-electron chi connectivity index (χ2n) is 7.49. The van der Waals surface area contributed by atoms with Crippen LogP contribution in [0.3, 0.4) is 0 Å². The highest BCUT2D eigenvalue weighted by Gasteiger charge is 2.47. The van der Waals surface area contributed by atoms with Crippen LogP contribution in [0.4, 0.5) is 4.39 Å². The van der Waals surface area contributed by atoms with E-state index in [4.69, 9.17) is 0 Å². The molecule has 2 fully saturated rings. The summed E-state index contributed by atoms with van der Waals surface area (Å²) in [4.78, 5) is 18.2. The number of carbonyl (C=O) groups excluding carboxylic acids is 1. The van der Waals surface area contributed by atoms with Gasteiger partial charge in [-0.25, -0.2) is 12.8 Å². The first kappa shape index (κ1) is 20.0. The molecule has 3 rings (SSSR count). The Kier molecular flexibility index (Phi) is 5.98. The molecule has 1 amide bonds. The Balaban J connectivity index is 1.69. The molecule has 0 radical (unpaired) electrons. The minimum atomic E-state index is -3.15. The second kappa shape index (κ2) is 8.08. The number of piperazine rings is 1. The van der Waals surface area contributed by atoms with Gasteiger partial charge in [0.2, 0.25) is 5.91 Å². The summed E-state index contributed by atoms with van der Waals surface area (Å²) in [7, 11) is 0.508. The lowest BCUT2D eigenvalue weighted by Gasteiger charge is -2.43. The standard InChI is InChI=1S/C19H26FN3O3S/c1-21(2)12-19(24)23-11-10-22(17-13-27(25,26)14-18(17)23)9-3-4-15-5-7-16(20)8-6-15/h3-8,17-18H,9-14H2,1-2H3/t17-,18+/m0/s1. The second-order valence-corrected chi connectivity index (χ2v) is 9.64. The van der Waals surface area contributed by atoms with E-state index in [9.17, 15) is 17.6 Å². The van der Waals surface area contributed by atoms with Crippen LogP contribution in [0.1, 0.15) is 5.56 Å². The van der Waals surface area contributed by atoms with Crippen molar-refractivity contribution in [1.82, 2.24) is 14.7 Å². The summed E-state index contributed by atoms with van der Waals surface area (Å²) < 4.78 is 37.4. The van der Waals surface area contributed by atoms with E-state index in [2.05, 4.69) is 4.90 Å². The molecule has 27 heavy (non-hydrogen) atoms. The molecule has 0 N–H and O–H groups in total. The highest BCUT2D eigenvalue weighted by Crippen LogP contribution is 2.27. The summed E-state index contributed by atoms with van der Waals surface area (Å²) in [5, 5.41) is 0. The highest BCUT2D eigenvalue weighted by atomic mass is 32.2. The van der Waals surface area contributed by atoms with E-state index in [0.29, 0.717) is 19.6 Å². The lowest BCUT2D eigenvalue weighted by molar-refractivity contribution is -0.137. The van der Waals surface area contributed by atoms with Crippen molar-refractivity contribution in [2.75, 3.05) is 51.8 Å². The van der Waals surface area contributed by atoms with E-state index in [-0.39, 0.29) is 41.9 Å². The summed E-state index contributed by atoms with van der Waals surface area (Å²) in [6.07, 6.45) is 3.87. The molecule has 0 spiro atoms. The fraction of sp³-hybridized carbons (Fsp3) is 0.526. The van der Waals surface area contributed by atoms with Crippen LogP contribution in [-0.4, -0.2) is 92.9 Å². The zero-order chi connectivity index (χ0) is 19.6. The number of benzene rings is 1. The quantitative estimate of drug-likeness (QED) is 0.735. The first-order valence-electron chi connectivity index (χ1n) is 9.06. The summed E-state index contributed by atoms with van der Waals surface area (Å²) in [5.41, 5.74) is 0.895. The van der Waals surface area contributed by atoms with Gasteiger partial charge in [0, 0.05) is 25.7 Å². The number of likely N-dealkylation sites (N-methyl/N-ethyl adjacent to an activating group) is 1. The molecule has 8 heteroatoms. The summed E-state index contributed by atoms with van der Waals surface area (Å²) >= 11 is 0. The monoisotopic (exact) mass is 395 g/mol. The van der Waals surface area contributed by atoms with E-state index >= 15 is 0 Å². The van der Waals surface area contributed by atoms with Crippen molar-refractivity contribution >= 4 is 21.8 Å². The molecule has 0 aliphatic carbocycles. The van der Waals surface area contributed by atoms with E-state index < -0.39 is 9.84 Å². The van der Waals surface area contributed by atoms with Crippen LogP contribution in [0.2, 0.25) is 0 Å². The van der Waals surface area contributed by atoms with Crippen LogP contribution in [0.15, 0.2) is 30.3 Å². The van der Waals surface area contributed by atoms with Gasteiger partial charge in [0.1, 0.15) is 5.82 Å². The fourth-order valence-corrected chi connectivity index (χ4v) is 5.83. The van der Waals surface area contributed by atoms with E-state index in [0.717, 1.165) is 5.56 Å². The molecule has 2 saturated heterocycles. The van der Waals surface area contributed by atoms with Crippen LogP contribution in [0.25, 0.3) is 6.08 Å². The molecule has 2 aliphatic rings. The van der Waals surface area contributed by atoms with Gasteiger partial charge in [-0.1, -0.05) is 24.3 Å². The predicted octanol–water partition coefficient (Wildman–Crippen LogP) is 0.710. The zero-order valence-corrected chi connectivity index (χ0v) is 16.5. The number of halogens is 1. The van der Waals surface area contributed by atoms with Gasteiger partial charge in [0.15, 0.2) is 9.84 Å². The maximum Gasteiger partial charge on any atom is 0.237 e. The van der Waals surface area contributed by atoms with Crippen molar-refractivity contribution in [3.63, 3.8) is 0 Å². The van der Waals surface area contributed by atoms with Crippen molar-refractivity contribution in [3.8, 4) is 0 Å². The van der Waals surface area contributed by atoms with Gasteiger partial charge in [-0.2, -0.15) is 0 Å². The molecule has 2 atom stereocenters. The lowest BCUT2D eigenvalue weighted by Crippen LogP contribution is -2.61. The highest BCUT2D eigenvalue weighted by molar-refractivity contribution is 7.91. The van der Waals surface area contributed by atoms with Crippen LogP contribution in [0, 0.1) is 5.82 Å². The Hall–Kier alpha value is -1.77. The first-order valence-corrected chi connectivity index (χ1v) is 10.9. The molecule has 2 aliphatic heterocycles. The van der Waals surface area contributed by atoms with Gasteiger partial charge in [0.05, 0.1) is 24.1 Å². The predicted molar refractivity (Wildman–Crippen MR) is 104 cm³/mol. The molecule has 1 aromatic rings. The number of fused-ring (bicyclic) bond motifs is 1. The molecular formula is C19H26FN3O3S. The van der Waals surface area contributed by atoms with Crippen molar-refractivity contribution in [2.24, 2.45) is 0 Å². The first-order chi connectivity index (χ1) is 12.7. The molecule has 0 aromatic heterocycles. The Morgan fingerprint density at radius 1 is 1.19 bits per heavy atom. The molecule has 0 unspecified atom stereocenters. The van der Waals surface area contributed by atoms with Crippen molar-refractivity contribution < 1.29 is 17.6 Å². The lowest BCUT2D eigenvalue weighted by atomic mass is 10.0. The van der Waals surface area contributed by atoms with Crippen molar-refractivity contribution in [3.05, 3.63) is 41.7 Å². The van der Waals surface area contributed by atoms with E-state index in [1.807, 2.05) is 26.2 Å². The smallest absolute Gasteiger partial charge is 0.237 e. The molecular weight excluding hydrogens is 369 g/mol. The average Bonchev–Trinajstić information content (AvgIpc) is 2.91. The van der Waals surface area contributed by atoms with Crippen molar-refractivity contribution in [1.29, 1.82) is 0 Å². The molecule has 2 heterocycles. The Morgan fingerprint density at radius 2 is 1.85 bits per heavy atom. The normalized spacial score (nSPS) is 25.3. The van der Waals surface area contributed by atoms with Gasteiger partial charge in [0.25, 0.3) is 0 Å². The number of hydrogen-bond donors (Lipinski definition) is 0. The van der Waals surface area contributed by atoms with Gasteiger partial charge < -0.3 is 9.80 Å². The van der Waals surface area contributed by atoms with E-state index in [1.165, 1.54) is 12.1 Å². The Bertz CT molecular complexity index is 808. The zero-order valence-electron chi connectivity index (χ0n) is 15.7. The number of sulfone groups is 1. The largest absolute Gasteiger partial charge is 0.335 e. The van der Waals surface area contributed by atoms with E-state index in [1.54, 1.807) is 21.9 Å². The topological polar surface area (TPSA) is 60.9 Å². The minimum Gasteiger partial charge on any atom is -0.335 e. The Morgan fingerprint density at radius 3 is 2.52 bits per heavy atom. The molecule has 6 nitrogen and oxygen atoms in total. The van der Waals surface area contributed by atoms with Gasteiger partial charge in [-0.3, -0.25) is 9.69 Å². The van der Waals surface area contributed by atoms with Crippen molar-refractivity contribution in [2.45, 2.75) is 12.1 Å². The summed E-state index contributed by atoms with van der Waals surface area (Å²) in [6, 6.07) is 5.77. The third-order valence-electron chi connectivity index (χ3n) is 5.08. The summed E-state index contributed by atoms with van der Waals surface area (Å²) in [5.74, 6) is -0.165. The van der Waals surface area contributed by atoms with Crippen LogP contribution in [0.5, 0.6) is 0 Å². The molecule has 1 aromatic carbocycles. The fourth-order valence-electron chi connectivity index (χ4n) is 3.82. The number of rotatable bonds is 5. The minimum absolute atomic E-state index is 0.0198. The number of amides is 1. The maximum atomic E-state index is 13.0. The third-order valence-corrected chi connectivity index (χ3v) is 6.78. The van der Waals surface area contributed by atoms with Crippen LogP contribution >= 0.6 is 0 Å². The molecule has 0 saturated carbocycles. The Labute approximate surface area is 160 Å². The van der Waals surface area contributed by atoms with Crippen LogP contribution < -0.4 is 0 Å². The van der Waals surface area contributed by atoms with Gasteiger partial charge in [-0.15, -0.1) is 0 Å². The maximum absolute atomic E-state index is 13.0. The third kappa shape index (κ3) is 4.94. The molecule has 148 valence electrons. The number of nitrogens with zero attached hydrogens (tertiary/aromatic N) is 3. The molecule has 0 bridgehead atoms. The van der Waals surface area contributed by atoms with Gasteiger partial charge >= 0.3 is 0 Å². The average molecular weight is 396 g/mol. The number of carbonyl (C=O) groups is 1. The number of hydrogen-bond acceptors (Lipinski definition) is 5. The van der Waals surface area contributed by atoms with Crippen LogP contribution in [-0.2, 0) is 14.6 Å². The van der Waals surface area contributed by atoms with Gasteiger partial charge in [-0.05, 0) is 31.8 Å².